The zero-order valence-electron chi connectivity index (χ0n) is 7.93. The van der Waals surface area contributed by atoms with Crippen molar-refractivity contribution < 1.29 is 19.4 Å². The second kappa shape index (κ2) is 2.97. The molecular weight excluding hydrogens is 264 g/mol. The van der Waals surface area contributed by atoms with Gasteiger partial charge in [-0.2, -0.15) is 0 Å². The van der Waals surface area contributed by atoms with Gasteiger partial charge in [-0.1, -0.05) is 15.9 Å². The Balaban J connectivity index is 1.95. The number of aliphatic carboxylic acids is 1. The highest BCUT2D eigenvalue weighted by atomic mass is 79.9. The van der Waals surface area contributed by atoms with Crippen LogP contribution in [0.4, 0.5) is 0 Å². The Labute approximate surface area is 95.1 Å². The molecule has 1 aliphatic heterocycles. The molecule has 4 nitrogen and oxygen atoms in total. The number of hydrogen-bond donors (Lipinski definition) is 1. The number of carbonyl (C=O) groups excluding carboxylic acids is 1. The Hall–Kier alpha value is -0.580. The molecule has 0 unspecified atom stereocenters. The first kappa shape index (κ1) is 9.63. The second-order valence-electron chi connectivity index (χ2n) is 4.68. The average Bonchev–Trinajstić information content (AvgIpc) is 2.73. The van der Waals surface area contributed by atoms with Crippen molar-refractivity contribution in [3.8, 4) is 0 Å². The molecule has 0 aromatic heterocycles. The number of carboxylic acids is 1. The molecular formula is C10H11BrO4. The van der Waals surface area contributed by atoms with E-state index in [0.29, 0.717) is 6.42 Å². The molecule has 0 aromatic carbocycles. The van der Waals surface area contributed by atoms with Crippen LogP contribution in [0.25, 0.3) is 0 Å². The van der Waals surface area contributed by atoms with E-state index in [1.807, 2.05) is 0 Å². The number of carboxylic acid groups (broad SMARTS) is 1. The molecule has 0 aromatic rings. The van der Waals surface area contributed by atoms with Crippen LogP contribution in [0.5, 0.6) is 0 Å². The third kappa shape index (κ3) is 1.13. The SMILES string of the molecule is O=C(O)[C@H]1C[C@H]2C(=O)O[C@@H]3[C@H]2[C@H]1C[C@H]3Br. The zero-order valence-corrected chi connectivity index (χ0v) is 9.51. The van der Waals surface area contributed by atoms with Gasteiger partial charge in [-0.05, 0) is 18.8 Å². The van der Waals surface area contributed by atoms with Gasteiger partial charge in [-0.15, -0.1) is 0 Å². The first-order chi connectivity index (χ1) is 7.09. The van der Waals surface area contributed by atoms with Gasteiger partial charge in [-0.3, -0.25) is 9.59 Å². The summed E-state index contributed by atoms with van der Waals surface area (Å²) in [5.41, 5.74) is 0. The molecule has 15 heavy (non-hydrogen) atoms. The van der Waals surface area contributed by atoms with Crippen LogP contribution in [0.2, 0.25) is 0 Å². The van der Waals surface area contributed by atoms with Crippen molar-refractivity contribution in [2.45, 2.75) is 23.8 Å². The maximum Gasteiger partial charge on any atom is 0.309 e. The van der Waals surface area contributed by atoms with Crippen molar-refractivity contribution >= 4 is 27.9 Å². The predicted octanol–water partition coefficient (Wildman–Crippen LogP) is 1.03. The quantitative estimate of drug-likeness (QED) is 0.573. The smallest absolute Gasteiger partial charge is 0.309 e. The molecule has 3 fully saturated rings. The Bertz CT molecular complexity index is 342. The van der Waals surface area contributed by atoms with Crippen molar-refractivity contribution in [3.05, 3.63) is 0 Å². The number of carbonyl (C=O) groups is 2. The maximum absolute atomic E-state index is 11.5. The number of rotatable bonds is 1. The highest BCUT2D eigenvalue weighted by Gasteiger charge is 2.63. The lowest BCUT2D eigenvalue weighted by molar-refractivity contribution is -0.145. The summed E-state index contributed by atoms with van der Waals surface area (Å²) >= 11 is 3.48. The first-order valence-electron chi connectivity index (χ1n) is 5.17. The minimum atomic E-state index is -0.762. The summed E-state index contributed by atoms with van der Waals surface area (Å²) in [6.45, 7) is 0. The van der Waals surface area contributed by atoms with E-state index < -0.39 is 5.97 Å². The van der Waals surface area contributed by atoms with Gasteiger partial charge in [0.25, 0.3) is 0 Å². The van der Waals surface area contributed by atoms with E-state index in [1.165, 1.54) is 0 Å². The van der Waals surface area contributed by atoms with Gasteiger partial charge in [0.2, 0.25) is 0 Å². The fraction of sp³-hybridized carbons (Fsp3) is 0.800. The van der Waals surface area contributed by atoms with Gasteiger partial charge in [-0.25, -0.2) is 0 Å². The molecule has 0 bridgehead atoms. The molecule has 0 amide bonds. The van der Waals surface area contributed by atoms with Gasteiger partial charge in [0.1, 0.15) is 6.10 Å². The predicted molar refractivity (Wildman–Crippen MR) is 53.4 cm³/mol. The average molecular weight is 275 g/mol. The highest BCUT2D eigenvalue weighted by Crippen LogP contribution is 2.57. The number of hydrogen-bond acceptors (Lipinski definition) is 3. The molecule has 3 rings (SSSR count). The summed E-state index contributed by atoms with van der Waals surface area (Å²) in [6, 6.07) is 0. The van der Waals surface area contributed by atoms with Crippen LogP contribution in [0.1, 0.15) is 12.8 Å². The fourth-order valence-electron chi connectivity index (χ4n) is 3.51. The lowest BCUT2D eigenvalue weighted by atomic mass is 9.91. The lowest BCUT2D eigenvalue weighted by Crippen LogP contribution is -2.21. The summed E-state index contributed by atoms with van der Waals surface area (Å²) in [7, 11) is 0. The standard InChI is InChI=1S/C10H11BrO4/c11-6-2-3-4(9(12)13)1-5-7(3)8(6)15-10(5)14/h3-8H,1-2H2,(H,12,13)/t3-,4-,5+,6+,7-,8-/m0/s1. The van der Waals surface area contributed by atoms with Gasteiger partial charge >= 0.3 is 11.9 Å². The Morgan fingerprint density at radius 1 is 1.47 bits per heavy atom. The molecule has 0 radical (unpaired) electrons. The monoisotopic (exact) mass is 274 g/mol. The molecule has 2 aliphatic carbocycles. The largest absolute Gasteiger partial charge is 0.481 e. The number of halogens is 1. The summed E-state index contributed by atoms with van der Waals surface area (Å²) in [4.78, 5) is 22.7. The first-order valence-corrected chi connectivity index (χ1v) is 6.08. The second-order valence-corrected chi connectivity index (χ2v) is 5.86. The number of alkyl halides is 1. The molecule has 2 saturated carbocycles. The molecule has 5 heteroatoms. The van der Waals surface area contributed by atoms with E-state index in [1.54, 1.807) is 0 Å². The highest BCUT2D eigenvalue weighted by molar-refractivity contribution is 9.09. The van der Waals surface area contributed by atoms with E-state index in [0.717, 1.165) is 6.42 Å². The maximum atomic E-state index is 11.5. The summed E-state index contributed by atoms with van der Waals surface area (Å²) in [6.07, 6.45) is 1.20. The summed E-state index contributed by atoms with van der Waals surface area (Å²) < 4.78 is 5.28. The van der Waals surface area contributed by atoms with Crippen molar-refractivity contribution in [3.63, 3.8) is 0 Å². The Morgan fingerprint density at radius 2 is 2.20 bits per heavy atom. The topological polar surface area (TPSA) is 63.6 Å². The van der Waals surface area contributed by atoms with E-state index in [9.17, 15) is 9.59 Å². The molecule has 1 heterocycles. The van der Waals surface area contributed by atoms with Crippen molar-refractivity contribution in [1.82, 2.24) is 0 Å². The zero-order chi connectivity index (χ0) is 10.7. The van der Waals surface area contributed by atoms with Crippen molar-refractivity contribution in [2.75, 3.05) is 0 Å². The number of ether oxygens (including phenoxy) is 1. The van der Waals surface area contributed by atoms with E-state index in [2.05, 4.69) is 15.9 Å². The summed E-state index contributed by atoms with van der Waals surface area (Å²) in [5.74, 6) is -1.21. The van der Waals surface area contributed by atoms with Gasteiger partial charge in [0.05, 0.1) is 16.7 Å². The van der Waals surface area contributed by atoms with Crippen LogP contribution < -0.4 is 0 Å². The molecule has 6 atom stereocenters. The molecule has 82 valence electrons. The van der Waals surface area contributed by atoms with Crippen molar-refractivity contribution in [1.29, 1.82) is 0 Å². The normalized spacial score (nSPS) is 51.7. The van der Waals surface area contributed by atoms with Gasteiger partial charge in [0.15, 0.2) is 0 Å². The molecule has 1 N–H and O–H groups in total. The van der Waals surface area contributed by atoms with Gasteiger partial charge in [0, 0.05) is 5.92 Å². The summed E-state index contributed by atoms with van der Waals surface area (Å²) in [5, 5.41) is 9.09. The molecule has 1 saturated heterocycles. The molecule has 3 aliphatic rings. The van der Waals surface area contributed by atoms with Crippen LogP contribution in [0.3, 0.4) is 0 Å². The third-order valence-corrected chi connectivity index (χ3v) is 4.98. The van der Waals surface area contributed by atoms with Crippen LogP contribution >= 0.6 is 15.9 Å². The number of esters is 1. The third-order valence-electron chi connectivity index (χ3n) is 4.09. The van der Waals surface area contributed by atoms with Crippen LogP contribution in [-0.4, -0.2) is 28.0 Å². The fourth-order valence-corrected chi connectivity index (χ4v) is 4.40. The van der Waals surface area contributed by atoms with Crippen LogP contribution in [0.15, 0.2) is 0 Å². The van der Waals surface area contributed by atoms with Crippen molar-refractivity contribution in [2.24, 2.45) is 23.7 Å². The van der Waals surface area contributed by atoms with E-state index in [-0.39, 0.29) is 40.6 Å². The minimum Gasteiger partial charge on any atom is -0.481 e. The van der Waals surface area contributed by atoms with Gasteiger partial charge < -0.3 is 9.84 Å². The van der Waals surface area contributed by atoms with Crippen LogP contribution in [-0.2, 0) is 14.3 Å². The Kier molecular flexibility index (Phi) is 1.90. The Morgan fingerprint density at radius 3 is 2.87 bits per heavy atom. The lowest BCUT2D eigenvalue weighted by Gasteiger charge is -2.13. The molecule has 0 spiro atoms. The van der Waals surface area contributed by atoms with E-state index in [4.69, 9.17) is 9.84 Å². The van der Waals surface area contributed by atoms with Crippen LogP contribution in [0, 0.1) is 23.7 Å². The minimum absolute atomic E-state index is 0.0863. The van der Waals surface area contributed by atoms with E-state index >= 15 is 0 Å².